The van der Waals surface area contributed by atoms with Crippen LogP contribution in [-0.2, 0) is 16.0 Å². The second kappa shape index (κ2) is 7.90. The molecule has 1 aromatic carbocycles. The molecule has 0 saturated heterocycles. The van der Waals surface area contributed by atoms with Crippen molar-refractivity contribution in [1.82, 2.24) is 15.6 Å². The Hall–Kier alpha value is -2.70. The lowest BCUT2D eigenvalue weighted by molar-refractivity contribution is -0.149. The number of ether oxygens (including phenoxy) is 2. The van der Waals surface area contributed by atoms with Crippen LogP contribution in [0.3, 0.4) is 0 Å². The van der Waals surface area contributed by atoms with E-state index >= 15 is 0 Å². The van der Waals surface area contributed by atoms with Gasteiger partial charge in [-0.1, -0.05) is 6.42 Å². The van der Waals surface area contributed by atoms with Gasteiger partial charge in [-0.2, -0.15) is 0 Å². The van der Waals surface area contributed by atoms with Gasteiger partial charge in [-0.3, -0.25) is 9.59 Å². The van der Waals surface area contributed by atoms with Gasteiger partial charge in [0.1, 0.15) is 16.9 Å². The molecule has 0 bridgehead atoms. The minimum atomic E-state index is -0.861. The second-order valence-electron chi connectivity index (χ2n) is 6.96. The number of hydrogen-bond acceptors (Lipinski definition) is 4. The summed E-state index contributed by atoms with van der Waals surface area (Å²) in [5.74, 6) is 1.16. The van der Waals surface area contributed by atoms with Gasteiger partial charge in [-0.05, 0) is 31.7 Å². The smallest absolute Gasteiger partial charge is 0.235 e. The van der Waals surface area contributed by atoms with Gasteiger partial charge in [-0.15, -0.1) is 0 Å². The van der Waals surface area contributed by atoms with Gasteiger partial charge in [0, 0.05) is 36.8 Å². The summed E-state index contributed by atoms with van der Waals surface area (Å²) in [6.45, 7) is 0.535. The Morgan fingerprint density at radius 2 is 1.93 bits per heavy atom. The van der Waals surface area contributed by atoms with E-state index in [4.69, 9.17) is 9.47 Å². The molecule has 1 aliphatic rings. The fourth-order valence-electron chi connectivity index (χ4n) is 3.64. The number of carbonyl (C=O) groups excluding carboxylic acids is 2. The SMILES string of the molecule is CNC(=O)C1(C(=O)NCCCc2cc3c(OC)cc(OC)cc3[nH]2)CCC1. The number of aryl methyl sites for hydroxylation is 1. The van der Waals surface area contributed by atoms with E-state index in [1.165, 1.54) is 0 Å². The molecular formula is C20H27N3O4. The predicted octanol–water partition coefficient (Wildman–Crippen LogP) is 2.15. The van der Waals surface area contributed by atoms with Gasteiger partial charge in [-0.25, -0.2) is 0 Å². The highest BCUT2D eigenvalue weighted by molar-refractivity contribution is 6.05. The molecule has 146 valence electrons. The summed E-state index contributed by atoms with van der Waals surface area (Å²) in [4.78, 5) is 27.8. The fraction of sp³-hybridized carbons (Fsp3) is 0.500. The van der Waals surface area contributed by atoms with Crippen LogP contribution in [0.1, 0.15) is 31.4 Å². The molecule has 2 aromatic rings. The lowest BCUT2D eigenvalue weighted by Crippen LogP contribution is -2.54. The van der Waals surface area contributed by atoms with Crippen LogP contribution in [0.25, 0.3) is 10.9 Å². The molecule has 1 aliphatic carbocycles. The van der Waals surface area contributed by atoms with Crippen molar-refractivity contribution in [3.8, 4) is 11.5 Å². The van der Waals surface area contributed by atoms with Gasteiger partial charge in [0.25, 0.3) is 0 Å². The first kappa shape index (κ1) is 19.1. The highest BCUT2D eigenvalue weighted by Gasteiger charge is 2.50. The van der Waals surface area contributed by atoms with E-state index in [0.29, 0.717) is 19.4 Å². The number of carbonyl (C=O) groups is 2. The molecule has 7 heteroatoms. The van der Waals surface area contributed by atoms with E-state index in [1.807, 2.05) is 12.1 Å². The highest BCUT2D eigenvalue weighted by atomic mass is 16.5. The van der Waals surface area contributed by atoms with Crippen LogP contribution in [0, 0.1) is 5.41 Å². The summed E-state index contributed by atoms with van der Waals surface area (Å²) in [6.07, 6.45) is 3.74. The fourth-order valence-corrected chi connectivity index (χ4v) is 3.64. The third-order valence-electron chi connectivity index (χ3n) is 5.40. The van der Waals surface area contributed by atoms with Crippen molar-refractivity contribution in [3.05, 3.63) is 23.9 Å². The molecule has 0 aliphatic heterocycles. The maximum absolute atomic E-state index is 12.4. The van der Waals surface area contributed by atoms with E-state index in [9.17, 15) is 9.59 Å². The van der Waals surface area contributed by atoms with Gasteiger partial charge in [0.05, 0.1) is 19.7 Å². The summed E-state index contributed by atoms with van der Waals surface area (Å²) < 4.78 is 10.7. The zero-order valence-electron chi connectivity index (χ0n) is 16.1. The molecule has 27 heavy (non-hydrogen) atoms. The standard InChI is InChI=1S/C20H27N3O4/c1-21-18(24)20(7-5-8-20)19(25)22-9-4-6-13-10-15-16(23-13)11-14(26-2)12-17(15)27-3/h10-12,23H,4-9H2,1-3H3,(H,21,24)(H,22,25). The molecule has 1 saturated carbocycles. The van der Waals surface area contributed by atoms with E-state index in [1.54, 1.807) is 21.3 Å². The minimum Gasteiger partial charge on any atom is -0.497 e. The number of benzene rings is 1. The van der Waals surface area contributed by atoms with E-state index < -0.39 is 5.41 Å². The topological polar surface area (TPSA) is 92.5 Å². The first-order valence-corrected chi connectivity index (χ1v) is 9.28. The number of nitrogens with one attached hydrogen (secondary N) is 3. The molecule has 1 heterocycles. The minimum absolute atomic E-state index is 0.156. The lowest BCUT2D eigenvalue weighted by Gasteiger charge is -2.38. The number of aromatic nitrogens is 1. The zero-order valence-corrected chi connectivity index (χ0v) is 16.1. The van der Waals surface area contributed by atoms with Crippen LogP contribution in [0.5, 0.6) is 11.5 Å². The molecule has 1 fully saturated rings. The van der Waals surface area contributed by atoms with E-state index in [-0.39, 0.29) is 11.8 Å². The third-order valence-corrected chi connectivity index (χ3v) is 5.40. The first-order valence-electron chi connectivity index (χ1n) is 9.28. The monoisotopic (exact) mass is 373 g/mol. The number of H-pyrrole nitrogens is 1. The highest BCUT2D eigenvalue weighted by Crippen LogP contribution is 2.41. The van der Waals surface area contributed by atoms with Gasteiger partial charge in [0.2, 0.25) is 11.8 Å². The molecule has 3 rings (SSSR count). The quantitative estimate of drug-likeness (QED) is 0.488. The van der Waals surface area contributed by atoms with E-state index in [0.717, 1.165) is 47.4 Å². The van der Waals surface area contributed by atoms with Crippen molar-refractivity contribution in [2.24, 2.45) is 5.41 Å². The Balaban J connectivity index is 1.58. The molecule has 3 N–H and O–H groups in total. The number of methoxy groups -OCH3 is 2. The van der Waals surface area contributed by atoms with Gasteiger partial charge >= 0.3 is 0 Å². The number of rotatable bonds is 8. The van der Waals surface area contributed by atoms with Crippen molar-refractivity contribution in [3.63, 3.8) is 0 Å². The molecule has 7 nitrogen and oxygen atoms in total. The molecule has 0 atom stereocenters. The van der Waals surface area contributed by atoms with Crippen LogP contribution in [0.15, 0.2) is 18.2 Å². The van der Waals surface area contributed by atoms with Crippen molar-refractivity contribution < 1.29 is 19.1 Å². The van der Waals surface area contributed by atoms with Crippen molar-refractivity contribution in [2.45, 2.75) is 32.1 Å². The van der Waals surface area contributed by atoms with Gasteiger partial charge < -0.3 is 25.1 Å². The van der Waals surface area contributed by atoms with Crippen LogP contribution in [0.4, 0.5) is 0 Å². The Morgan fingerprint density at radius 3 is 2.52 bits per heavy atom. The lowest BCUT2D eigenvalue weighted by atomic mass is 9.67. The zero-order chi connectivity index (χ0) is 19.4. The Bertz CT molecular complexity index is 839. The molecule has 0 unspecified atom stereocenters. The largest absolute Gasteiger partial charge is 0.497 e. The summed E-state index contributed by atoms with van der Waals surface area (Å²) in [5, 5.41) is 6.55. The number of fused-ring (bicyclic) bond motifs is 1. The Kier molecular flexibility index (Phi) is 5.58. The predicted molar refractivity (Wildman–Crippen MR) is 103 cm³/mol. The summed E-state index contributed by atoms with van der Waals surface area (Å²) in [7, 11) is 4.84. The number of hydrogen-bond donors (Lipinski definition) is 3. The molecule has 0 radical (unpaired) electrons. The van der Waals surface area contributed by atoms with Crippen LogP contribution in [-0.4, -0.2) is 44.6 Å². The average Bonchev–Trinajstić information content (AvgIpc) is 3.05. The maximum Gasteiger partial charge on any atom is 0.235 e. The molecular weight excluding hydrogens is 346 g/mol. The van der Waals surface area contributed by atoms with Crippen LogP contribution >= 0.6 is 0 Å². The first-order chi connectivity index (χ1) is 13.0. The molecule has 1 aromatic heterocycles. The summed E-state index contributed by atoms with van der Waals surface area (Å²) in [6, 6.07) is 5.86. The second-order valence-corrected chi connectivity index (χ2v) is 6.96. The van der Waals surface area contributed by atoms with Crippen molar-refractivity contribution in [1.29, 1.82) is 0 Å². The maximum atomic E-state index is 12.4. The number of aromatic amines is 1. The number of amides is 2. The van der Waals surface area contributed by atoms with Crippen LogP contribution in [0.2, 0.25) is 0 Å². The molecule has 0 spiro atoms. The Morgan fingerprint density at radius 1 is 1.15 bits per heavy atom. The Labute approximate surface area is 158 Å². The third kappa shape index (κ3) is 3.59. The van der Waals surface area contributed by atoms with Crippen molar-refractivity contribution in [2.75, 3.05) is 27.8 Å². The van der Waals surface area contributed by atoms with Gasteiger partial charge in [0.15, 0.2) is 0 Å². The summed E-state index contributed by atoms with van der Waals surface area (Å²) >= 11 is 0. The van der Waals surface area contributed by atoms with E-state index in [2.05, 4.69) is 21.7 Å². The van der Waals surface area contributed by atoms with Crippen LogP contribution < -0.4 is 20.1 Å². The molecule has 2 amide bonds. The van der Waals surface area contributed by atoms with Crippen molar-refractivity contribution >= 4 is 22.7 Å². The summed E-state index contributed by atoms with van der Waals surface area (Å²) in [5.41, 5.74) is 1.16. The average molecular weight is 373 g/mol. The normalized spacial score (nSPS) is 15.1.